The Balaban J connectivity index is 1.62. The van der Waals surface area contributed by atoms with Crippen molar-refractivity contribution in [3.05, 3.63) is 76.1 Å². The standard InChI is InChI=1S/C25H30FN9O2/c1-24(2,3)20-13-28-19(12-29-20)22(36)30-17-9-14(7-8-15(17)26)16-10-18(23(37)35(6)32-16)31-25(4)11-21(27)34(5)33-25/h7-13,31,33H,27H2,1-6H3,(H,30,36). The highest BCUT2D eigenvalue weighted by Gasteiger charge is 2.31. The minimum atomic E-state index is -0.810. The average Bonchev–Trinajstić information content (AvgIpc) is 3.08. The van der Waals surface area contributed by atoms with Gasteiger partial charge in [0, 0.05) is 31.3 Å². The van der Waals surface area contributed by atoms with E-state index in [0.717, 1.165) is 5.69 Å². The van der Waals surface area contributed by atoms with Gasteiger partial charge in [0.15, 0.2) is 0 Å². The number of anilines is 2. The van der Waals surface area contributed by atoms with Crippen LogP contribution in [0.25, 0.3) is 11.3 Å². The van der Waals surface area contributed by atoms with Gasteiger partial charge in [0.1, 0.15) is 28.7 Å². The van der Waals surface area contributed by atoms with Crippen LogP contribution >= 0.6 is 0 Å². The quantitative estimate of drug-likeness (QED) is 0.409. The number of nitrogens with two attached hydrogens (primary N) is 1. The highest BCUT2D eigenvalue weighted by atomic mass is 19.1. The van der Waals surface area contributed by atoms with Crippen LogP contribution in [-0.4, -0.2) is 43.4 Å². The summed E-state index contributed by atoms with van der Waals surface area (Å²) in [5.41, 5.74) is 9.54. The lowest BCUT2D eigenvalue weighted by Crippen LogP contribution is -2.50. The molecule has 3 heterocycles. The molecule has 0 saturated carbocycles. The fourth-order valence-corrected chi connectivity index (χ4v) is 3.82. The first-order valence-corrected chi connectivity index (χ1v) is 11.6. The molecule has 194 valence electrons. The third-order valence-electron chi connectivity index (χ3n) is 5.84. The molecule has 1 aromatic carbocycles. The Bertz CT molecular complexity index is 1440. The zero-order chi connectivity index (χ0) is 27.1. The van der Waals surface area contributed by atoms with Gasteiger partial charge in [-0.25, -0.2) is 19.5 Å². The largest absolute Gasteiger partial charge is 0.384 e. The van der Waals surface area contributed by atoms with Crippen LogP contribution in [0.2, 0.25) is 0 Å². The van der Waals surface area contributed by atoms with E-state index < -0.39 is 17.4 Å². The van der Waals surface area contributed by atoms with Crippen LogP contribution in [0, 0.1) is 5.82 Å². The monoisotopic (exact) mass is 507 g/mol. The minimum Gasteiger partial charge on any atom is -0.384 e. The number of nitrogens with one attached hydrogen (secondary N) is 3. The summed E-state index contributed by atoms with van der Waals surface area (Å²) >= 11 is 0. The summed E-state index contributed by atoms with van der Waals surface area (Å²) in [7, 11) is 3.28. The molecule has 1 aliphatic heterocycles. The van der Waals surface area contributed by atoms with Gasteiger partial charge in [-0.15, -0.1) is 0 Å². The van der Waals surface area contributed by atoms with Gasteiger partial charge in [0.2, 0.25) is 0 Å². The number of aromatic nitrogens is 4. The Morgan fingerprint density at radius 1 is 1.14 bits per heavy atom. The van der Waals surface area contributed by atoms with Crippen molar-refractivity contribution in [2.24, 2.45) is 12.8 Å². The Morgan fingerprint density at radius 2 is 1.86 bits per heavy atom. The van der Waals surface area contributed by atoms with Crippen LogP contribution in [0.5, 0.6) is 0 Å². The molecule has 0 radical (unpaired) electrons. The normalized spacial score (nSPS) is 17.5. The molecule has 5 N–H and O–H groups in total. The number of amides is 1. The van der Waals surface area contributed by atoms with Crippen LogP contribution in [0.15, 0.2) is 53.4 Å². The molecule has 11 nitrogen and oxygen atoms in total. The molecular weight excluding hydrogens is 477 g/mol. The smallest absolute Gasteiger partial charge is 0.289 e. The Hall–Kier alpha value is -4.32. The summed E-state index contributed by atoms with van der Waals surface area (Å²) in [6.07, 6.45) is 4.64. The SMILES string of the molecule is CN1NC(C)(Nc2cc(-c3ccc(F)c(NC(=O)c4cnc(C(C)(C)C)cn4)c3)nn(C)c2=O)C=C1N. The molecule has 37 heavy (non-hydrogen) atoms. The topological polar surface area (TPSA) is 143 Å². The number of nitrogens with zero attached hydrogens (tertiary/aromatic N) is 5. The lowest BCUT2D eigenvalue weighted by molar-refractivity contribution is 0.102. The number of aryl methyl sites for hydroxylation is 1. The van der Waals surface area contributed by atoms with Crippen LogP contribution < -0.4 is 27.4 Å². The maximum Gasteiger partial charge on any atom is 0.289 e. The van der Waals surface area contributed by atoms with E-state index in [4.69, 9.17) is 5.73 Å². The predicted octanol–water partition coefficient (Wildman–Crippen LogP) is 2.30. The molecule has 4 rings (SSSR count). The highest BCUT2D eigenvalue weighted by molar-refractivity contribution is 6.03. The third kappa shape index (κ3) is 5.43. The molecule has 1 amide bonds. The third-order valence-corrected chi connectivity index (χ3v) is 5.84. The second kappa shape index (κ2) is 9.28. The highest BCUT2D eigenvalue weighted by Crippen LogP contribution is 2.26. The van der Waals surface area contributed by atoms with Gasteiger partial charge in [-0.1, -0.05) is 20.8 Å². The van der Waals surface area contributed by atoms with E-state index in [2.05, 4.69) is 31.1 Å². The van der Waals surface area contributed by atoms with Gasteiger partial charge >= 0.3 is 0 Å². The number of carbonyl (C=O) groups excluding carboxylic acids is 1. The van der Waals surface area contributed by atoms with Gasteiger partial charge < -0.3 is 16.4 Å². The van der Waals surface area contributed by atoms with E-state index in [1.54, 1.807) is 24.2 Å². The first-order chi connectivity index (χ1) is 17.3. The number of halogens is 1. The molecule has 0 spiro atoms. The number of hydrogen-bond donors (Lipinski definition) is 4. The summed E-state index contributed by atoms with van der Waals surface area (Å²) in [4.78, 5) is 34.0. The van der Waals surface area contributed by atoms with Crippen LogP contribution in [0.4, 0.5) is 15.8 Å². The van der Waals surface area contributed by atoms with Crippen molar-refractivity contribution in [1.82, 2.24) is 30.2 Å². The minimum absolute atomic E-state index is 0.0547. The molecule has 2 aromatic heterocycles. The number of carbonyl (C=O) groups is 1. The zero-order valence-electron chi connectivity index (χ0n) is 21.5. The Morgan fingerprint density at radius 3 is 2.46 bits per heavy atom. The average molecular weight is 508 g/mol. The van der Waals surface area contributed by atoms with Gasteiger partial charge in [-0.05, 0) is 37.3 Å². The molecule has 0 aliphatic carbocycles. The lowest BCUT2D eigenvalue weighted by Gasteiger charge is -2.27. The summed E-state index contributed by atoms with van der Waals surface area (Å²) in [6, 6.07) is 5.74. The van der Waals surface area contributed by atoms with Gasteiger partial charge in [0.25, 0.3) is 11.5 Å². The van der Waals surface area contributed by atoms with Gasteiger partial charge in [0.05, 0.1) is 23.3 Å². The van der Waals surface area contributed by atoms with Crippen molar-refractivity contribution in [1.29, 1.82) is 0 Å². The summed E-state index contributed by atoms with van der Waals surface area (Å²) in [6.45, 7) is 7.79. The maximum absolute atomic E-state index is 14.6. The number of hydrazine groups is 1. The van der Waals surface area contributed by atoms with Crippen LogP contribution in [0.1, 0.15) is 43.9 Å². The van der Waals surface area contributed by atoms with Crippen molar-refractivity contribution in [3.8, 4) is 11.3 Å². The molecule has 1 aliphatic rings. The van der Waals surface area contributed by atoms with Crippen molar-refractivity contribution >= 4 is 17.3 Å². The predicted molar refractivity (Wildman–Crippen MR) is 139 cm³/mol. The molecule has 0 saturated heterocycles. The Kier molecular flexibility index (Phi) is 6.46. The fraction of sp³-hybridized carbons (Fsp3) is 0.320. The van der Waals surface area contributed by atoms with Crippen LogP contribution in [0.3, 0.4) is 0 Å². The van der Waals surface area contributed by atoms with Crippen molar-refractivity contribution in [3.63, 3.8) is 0 Å². The molecular formula is C25H30FN9O2. The maximum atomic E-state index is 14.6. The van der Waals surface area contributed by atoms with E-state index in [0.29, 0.717) is 17.1 Å². The molecule has 3 aromatic rings. The van der Waals surface area contributed by atoms with Crippen molar-refractivity contribution in [2.45, 2.75) is 38.8 Å². The van der Waals surface area contributed by atoms with Crippen LogP contribution in [-0.2, 0) is 12.5 Å². The van der Waals surface area contributed by atoms with E-state index >= 15 is 0 Å². The second-order valence-electron chi connectivity index (χ2n) is 10.1. The van der Waals surface area contributed by atoms with E-state index in [9.17, 15) is 14.0 Å². The second-order valence-corrected chi connectivity index (χ2v) is 10.1. The van der Waals surface area contributed by atoms with E-state index in [1.165, 1.54) is 42.3 Å². The molecule has 0 bridgehead atoms. The van der Waals surface area contributed by atoms with E-state index in [-0.39, 0.29) is 28.0 Å². The van der Waals surface area contributed by atoms with E-state index in [1.807, 2.05) is 27.7 Å². The first kappa shape index (κ1) is 25.8. The van der Waals surface area contributed by atoms with Gasteiger partial charge in [-0.2, -0.15) is 5.10 Å². The number of rotatable bonds is 5. The summed E-state index contributed by atoms with van der Waals surface area (Å²) < 4.78 is 15.8. The first-order valence-electron chi connectivity index (χ1n) is 11.6. The molecule has 1 atom stereocenters. The molecule has 0 fully saturated rings. The summed E-state index contributed by atoms with van der Waals surface area (Å²) in [5.74, 6) is -0.739. The fourth-order valence-electron chi connectivity index (χ4n) is 3.82. The number of benzene rings is 1. The molecule has 12 heteroatoms. The van der Waals surface area contributed by atoms with Crippen molar-refractivity contribution in [2.75, 3.05) is 17.7 Å². The zero-order valence-corrected chi connectivity index (χ0v) is 21.5. The van der Waals surface area contributed by atoms with Gasteiger partial charge in [-0.3, -0.25) is 19.6 Å². The summed E-state index contributed by atoms with van der Waals surface area (Å²) in [5, 5.41) is 11.6. The molecule has 1 unspecified atom stereocenters. The number of hydrogen-bond acceptors (Lipinski definition) is 9. The Labute approximate surface area is 213 Å². The van der Waals surface area contributed by atoms with Crippen molar-refractivity contribution < 1.29 is 9.18 Å². The lowest BCUT2D eigenvalue weighted by atomic mass is 9.93.